The molecular weight excluding hydrogens is 256 g/mol. The minimum Gasteiger partial charge on any atom is -0.385 e. The van der Waals surface area contributed by atoms with Crippen molar-refractivity contribution < 1.29 is 5.11 Å². The Morgan fingerprint density at radius 3 is 1.95 bits per heavy atom. The molecule has 0 unspecified atom stereocenters. The summed E-state index contributed by atoms with van der Waals surface area (Å²) in [5.74, 6) is 1.53. The van der Waals surface area contributed by atoms with Gasteiger partial charge in [-0.25, -0.2) is 0 Å². The second-order valence-corrected chi connectivity index (χ2v) is 8.42. The molecule has 1 heteroatoms. The molecule has 0 amide bonds. The minimum atomic E-state index is -0.583. The van der Waals surface area contributed by atoms with Gasteiger partial charge in [-0.05, 0) is 66.9 Å². The maximum Gasteiger partial charge on any atom is 0.0896 e. The third-order valence-corrected chi connectivity index (χ3v) is 6.06. The van der Waals surface area contributed by atoms with Crippen LogP contribution in [0.5, 0.6) is 0 Å². The van der Waals surface area contributed by atoms with Crippen LogP contribution in [0, 0.1) is 11.3 Å². The minimum absolute atomic E-state index is 0.370. The van der Waals surface area contributed by atoms with Gasteiger partial charge in [0.25, 0.3) is 0 Å². The summed E-state index contributed by atoms with van der Waals surface area (Å²) in [6.45, 7) is 6.99. The summed E-state index contributed by atoms with van der Waals surface area (Å²) in [5, 5.41) is 11.0. The monoisotopic (exact) mass is 286 g/mol. The van der Waals surface area contributed by atoms with E-state index in [-0.39, 0.29) is 0 Å². The summed E-state index contributed by atoms with van der Waals surface area (Å²) < 4.78 is 0. The van der Waals surface area contributed by atoms with Crippen molar-refractivity contribution >= 4 is 0 Å². The summed E-state index contributed by atoms with van der Waals surface area (Å²) in [7, 11) is 0. The van der Waals surface area contributed by atoms with Gasteiger partial charge in [-0.3, -0.25) is 0 Å². The third kappa shape index (κ3) is 3.04. The lowest BCUT2D eigenvalue weighted by molar-refractivity contribution is -0.0298. The predicted octanol–water partition coefficient (Wildman–Crippen LogP) is 5.38. The van der Waals surface area contributed by atoms with Crippen molar-refractivity contribution in [2.45, 2.75) is 77.2 Å². The Labute approximate surface area is 129 Å². The van der Waals surface area contributed by atoms with E-state index in [4.69, 9.17) is 0 Å². The second kappa shape index (κ2) is 5.43. The topological polar surface area (TPSA) is 20.2 Å². The van der Waals surface area contributed by atoms with Gasteiger partial charge in [0.05, 0.1) is 5.60 Å². The van der Waals surface area contributed by atoms with Gasteiger partial charge < -0.3 is 5.11 Å². The average Bonchev–Trinajstić information content (AvgIpc) is 2.37. The maximum absolute atomic E-state index is 11.0. The van der Waals surface area contributed by atoms with E-state index < -0.39 is 5.60 Å². The van der Waals surface area contributed by atoms with Crippen molar-refractivity contribution in [3.63, 3.8) is 0 Å². The standard InChI is InChI=1S/C20H30O/c1-19(2,3)17-11-13-20(21,14-12-17)18-9-7-16(8-10-18)15-5-4-6-15/h7-10,15,17,21H,4-6,11-14H2,1-3H3. The normalized spacial score (nSPS) is 31.0. The van der Waals surface area contributed by atoms with E-state index in [0.29, 0.717) is 5.41 Å². The molecule has 1 aromatic rings. The highest BCUT2D eigenvalue weighted by atomic mass is 16.3. The van der Waals surface area contributed by atoms with Crippen LogP contribution in [0.1, 0.15) is 82.8 Å². The first-order chi connectivity index (χ1) is 9.88. The number of aliphatic hydroxyl groups is 1. The molecule has 2 aliphatic carbocycles. The molecule has 0 heterocycles. The van der Waals surface area contributed by atoms with E-state index in [9.17, 15) is 5.11 Å². The Morgan fingerprint density at radius 2 is 1.52 bits per heavy atom. The number of hydrogen-bond acceptors (Lipinski definition) is 1. The molecule has 0 spiro atoms. The van der Waals surface area contributed by atoms with Crippen LogP contribution in [0.4, 0.5) is 0 Å². The molecule has 2 aliphatic rings. The largest absolute Gasteiger partial charge is 0.385 e. The molecule has 0 radical (unpaired) electrons. The zero-order chi connectivity index (χ0) is 15.1. The van der Waals surface area contributed by atoms with Crippen LogP contribution in [0.2, 0.25) is 0 Å². The Morgan fingerprint density at radius 1 is 0.952 bits per heavy atom. The van der Waals surface area contributed by atoms with Gasteiger partial charge in [-0.2, -0.15) is 0 Å². The molecule has 0 bridgehead atoms. The Balaban J connectivity index is 1.68. The van der Waals surface area contributed by atoms with Crippen LogP contribution in [0.3, 0.4) is 0 Å². The molecule has 0 atom stereocenters. The fourth-order valence-electron chi connectivity index (χ4n) is 4.06. The number of benzene rings is 1. The highest BCUT2D eigenvalue weighted by molar-refractivity contribution is 5.30. The van der Waals surface area contributed by atoms with Gasteiger partial charge in [0, 0.05) is 0 Å². The lowest BCUT2D eigenvalue weighted by Crippen LogP contribution is -2.35. The first kappa shape index (κ1) is 15.1. The van der Waals surface area contributed by atoms with E-state index in [1.54, 1.807) is 0 Å². The highest BCUT2D eigenvalue weighted by Crippen LogP contribution is 2.46. The van der Waals surface area contributed by atoms with Crippen LogP contribution in [-0.2, 0) is 5.60 Å². The van der Waals surface area contributed by atoms with Gasteiger partial charge in [-0.1, -0.05) is 51.5 Å². The van der Waals surface area contributed by atoms with Crippen molar-refractivity contribution in [1.82, 2.24) is 0 Å². The van der Waals surface area contributed by atoms with Crippen molar-refractivity contribution in [1.29, 1.82) is 0 Å². The van der Waals surface area contributed by atoms with E-state index in [2.05, 4.69) is 45.0 Å². The maximum atomic E-state index is 11.0. The molecule has 21 heavy (non-hydrogen) atoms. The van der Waals surface area contributed by atoms with Crippen LogP contribution >= 0.6 is 0 Å². The summed E-state index contributed by atoms with van der Waals surface area (Å²) in [6.07, 6.45) is 8.18. The van der Waals surface area contributed by atoms with E-state index in [0.717, 1.165) is 43.1 Å². The van der Waals surface area contributed by atoms with Gasteiger partial charge in [-0.15, -0.1) is 0 Å². The second-order valence-electron chi connectivity index (χ2n) is 8.42. The Hall–Kier alpha value is -0.820. The molecule has 1 nitrogen and oxygen atoms in total. The summed E-state index contributed by atoms with van der Waals surface area (Å²) >= 11 is 0. The van der Waals surface area contributed by atoms with Crippen LogP contribution in [-0.4, -0.2) is 5.11 Å². The van der Waals surface area contributed by atoms with Gasteiger partial charge in [0.2, 0.25) is 0 Å². The van der Waals surface area contributed by atoms with Crippen molar-refractivity contribution in [3.05, 3.63) is 35.4 Å². The fourth-order valence-corrected chi connectivity index (χ4v) is 4.06. The Kier molecular flexibility index (Phi) is 3.90. The molecule has 1 aromatic carbocycles. The van der Waals surface area contributed by atoms with Crippen molar-refractivity contribution in [2.24, 2.45) is 11.3 Å². The van der Waals surface area contributed by atoms with Gasteiger partial charge in [0.1, 0.15) is 0 Å². The number of hydrogen-bond donors (Lipinski definition) is 1. The van der Waals surface area contributed by atoms with Crippen molar-refractivity contribution in [2.75, 3.05) is 0 Å². The van der Waals surface area contributed by atoms with Crippen LogP contribution in [0.15, 0.2) is 24.3 Å². The van der Waals surface area contributed by atoms with E-state index in [1.165, 1.54) is 24.8 Å². The van der Waals surface area contributed by atoms with Crippen molar-refractivity contribution in [3.8, 4) is 0 Å². The summed E-state index contributed by atoms with van der Waals surface area (Å²) in [4.78, 5) is 0. The summed E-state index contributed by atoms with van der Waals surface area (Å²) in [5.41, 5.74) is 2.39. The SMILES string of the molecule is CC(C)(C)C1CCC(O)(c2ccc(C3CCC3)cc2)CC1. The van der Waals surface area contributed by atoms with Gasteiger partial charge in [0.15, 0.2) is 0 Å². The molecule has 0 aliphatic heterocycles. The predicted molar refractivity (Wildman–Crippen MR) is 88.3 cm³/mol. The zero-order valence-electron chi connectivity index (χ0n) is 13.9. The molecule has 1 N–H and O–H groups in total. The smallest absolute Gasteiger partial charge is 0.0896 e. The first-order valence-corrected chi connectivity index (χ1v) is 8.71. The highest BCUT2D eigenvalue weighted by Gasteiger charge is 2.38. The lowest BCUT2D eigenvalue weighted by Gasteiger charge is -2.41. The van der Waals surface area contributed by atoms with E-state index >= 15 is 0 Å². The quantitative estimate of drug-likeness (QED) is 0.774. The average molecular weight is 286 g/mol. The molecule has 2 saturated carbocycles. The van der Waals surface area contributed by atoms with Gasteiger partial charge >= 0.3 is 0 Å². The summed E-state index contributed by atoms with van der Waals surface area (Å²) in [6, 6.07) is 8.89. The zero-order valence-corrected chi connectivity index (χ0v) is 13.9. The molecule has 0 saturated heterocycles. The fraction of sp³-hybridized carbons (Fsp3) is 0.700. The molecular formula is C20H30O. The van der Waals surface area contributed by atoms with E-state index in [1.807, 2.05) is 0 Å². The number of rotatable bonds is 2. The third-order valence-electron chi connectivity index (χ3n) is 6.06. The van der Waals surface area contributed by atoms with Crippen LogP contribution < -0.4 is 0 Å². The molecule has 3 rings (SSSR count). The molecule has 2 fully saturated rings. The lowest BCUT2D eigenvalue weighted by atomic mass is 9.67. The molecule has 0 aromatic heterocycles. The van der Waals surface area contributed by atoms with Crippen LogP contribution in [0.25, 0.3) is 0 Å². The molecule has 116 valence electrons. The first-order valence-electron chi connectivity index (χ1n) is 8.71. The Bertz CT molecular complexity index is 468.